The van der Waals surface area contributed by atoms with Crippen LogP contribution < -0.4 is 20.7 Å². The van der Waals surface area contributed by atoms with Gasteiger partial charge < -0.3 is 0 Å². The van der Waals surface area contributed by atoms with Crippen LogP contribution >= 0.6 is 0 Å². The van der Waals surface area contributed by atoms with Crippen LogP contribution in [0, 0.1) is 0 Å². The molecule has 0 aliphatic rings. The molecule has 0 saturated carbocycles. The van der Waals surface area contributed by atoms with E-state index in [0.29, 0.717) is 0 Å². The van der Waals surface area contributed by atoms with Crippen molar-refractivity contribution in [1.82, 2.24) is 0 Å². The highest BCUT2D eigenvalue weighted by atomic mass is 28.2. The predicted octanol–water partition coefficient (Wildman–Crippen LogP) is 1.44. The predicted molar refractivity (Wildman–Crippen MR) is 161 cm³/mol. The van der Waals surface area contributed by atoms with Gasteiger partial charge in [-0.2, -0.15) is 0 Å². The Morgan fingerprint density at radius 2 is 0.515 bits per heavy atom. The minimum atomic E-state index is -0.302. The second-order valence-electron chi connectivity index (χ2n) is 8.95. The second kappa shape index (κ2) is 10.8. The molecule has 4 aromatic rings. The molecule has 0 unspecified atom stereocenters. The molecule has 0 heterocycles. The summed E-state index contributed by atoms with van der Waals surface area (Å²) in [4.78, 5) is 0. The van der Waals surface area contributed by atoms with Crippen LogP contribution in [-0.2, 0) is 5.41 Å². The van der Waals surface area contributed by atoms with E-state index < -0.39 is 0 Å². The smallest absolute Gasteiger partial charge is 0.0701 e. The Bertz CT molecular complexity index is 967. The summed E-state index contributed by atoms with van der Waals surface area (Å²) in [6, 6.07) is 38.3. The Morgan fingerprint density at radius 3 is 0.667 bits per heavy atom. The fourth-order valence-corrected chi connectivity index (χ4v) is 7.79. The van der Waals surface area contributed by atoms with Crippen LogP contribution in [-0.4, -0.2) is 38.1 Å². The SMILES string of the molecule is C[SiH2]c1ccc(C(c2ccc([SiH2]C)cc2)(c2ccc([SiH2]C)cc2)c2ccc([SiH2]C)cc2)cc1. The van der Waals surface area contributed by atoms with E-state index in [2.05, 4.69) is 123 Å². The molecule has 4 aromatic carbocycles. The van der Waals surface area contributed by atoms with Crippen molar-refractivity contribution < 1.29 is 0 Å². The molecule has 0 nitrogen and oxygen atoms in total. The molecule has 0 aliphatic heterocycles. The Morgan fingerprint density at radius 1 is 0.333 bits per heavy atom. The molecule has 0 spiro atoms. The molecule has 0 aliphatic carbocycles. The zero-order chi connectivity index (χ0) is 23.3. The fraction of sp³-hybridized carbons (Fsp3) is 0.172. The van der Waals surface area contributed by atoms with Gasteiger partial charge in [0.15, 0.2) is 0 Å². The second-order valence-corrected chi connectivity index (χ2v) is 15.0. The molecular formula is C29H36Si4. The molecule has 4 heteroatoms. The van der Waals surface area contributed by atoms with Crippen molar-refractivity contribution in [2.45, 2.75) is 31.6 Å². The molecule has 0 radical (unpaired) electrons. The van der Waals surface area contributed by atoms with Gasteiger partial charge in [0.1, 0.15) is 0 Å². The largest absolute Gasteiger partial charge is 0.0708 e. The Kier molecular flexibility index (Phi) is 7.81. The summed E-state index contributed by atoms with van der Waals surface area (Å²) in [5.74, 6) is 0. The molecule has 0 amide bonds. The average Bonchev–Trinajstić information content (AvgIpc) is 2.90. The topological polar surface area (TPSA) is 0 Å². The van der Waals surface area contributed by atoms with Gasteiger partial charge in [0, 0.05) is 0 Å². The zero-order valence-electron chi connectivity index (χ0n) is 20.6. The van der Waals surface area contributed by atoms with E-state index in [1.165, 1.54) is 43.0 Å². The summed E-state index contributed by atoms with van der Waals surface area (Å²) in [6.45, 7) is 9.49. The molecular weight excluding hydrogens is 461 g/mol. The quantitative estimate of drug-likeness (QED) is 0.256. The van der Waals surface area contributed by atoms with E-state index in [1.54, 1.807) is 0 Å². The third-order valence-electron chi connectivity index (χ3n) is 7.18. The lowest BCUT2D eigenvalue weighted by atomic mass is 9.65. The lowest BCUT2D eigenvalue weighted by Gasteiger charge is -2.37. The van der Waals surface area contributed by atoms with Crippen molar-refractivity contribution in [3.05, 3.63) is 119 Å². The first-order valence-electron chi connectivity index (χ1n) is 12.5. The number of hydrogen-bond donors (Lipinski definition) is 0. The summed E-state index contributed by atoms with van der Waals surface area (Å²) in [6.07, 6.45) is 0. The average molecular weight is 497 g/mol. The van der Waals surface area contributed by atoms with Crippen molar-refractivity contribution in [2.75, 3.05) is 0 Å². The van der Waals surface area contributed by atoms with Gasteiger partial charge >= 0.3 is 0 Å². The molecule has 0 atom stereocenters. The maximum absolute atomic E-state index is 2.40. The Hall–Kier alpha value is -2.25. The van der Waals surface area contributed by atoms with Crippen LogP contribution in [0.1, 0.15) is 22.3 Å². The lowest BCUT2D eigenvalue weighted by Crippen LogP contribution is -2.33. The van der Waals surface area contributed by atoms with Crippen LogP contribution in [0.4, 0.5) is 0 Å². The molecule has 0 saturated heterocycles. The first-order valence-corrected chi connectivity index (χ1v) is 21.0. The lowest BCUT2D eigenvalue weighted by molar-refractivity contribution is 0.746. The minimum Gasteiger partial charge on any atom is -0.0708 e. The first kappa shape index (κ1) is 23.9. The molecule has 0 N–H and O–H groups in total. The van der Waals surface area contributed by atoms with Crippen LogP contribution in [0.3, 0.4) is 0 Å². The van der Waals surface area contributed by atoms with E-state index in [9.17, 15) is 0 Å². The molecule has 0 aromatic heterocycles. The van der Waals surface area contributed by atoms with Crippen molar-refractivity contribution in [3.8, 4) is 0 Å². The maximum atomic E-state index is 2.40. The van der Waals surface area contributed by atoms with Crippen LogP contribution in [0.5, 0.6) is 0 Å². The summed E-state index contributed by atoms with van der Waals surface area (Å²) < 4.78 is 0. The van der Waals surface area contributed by atoms with Gasteiger partial charge in [-0.05, 0) is 22.3 Å². The summed E-state index contributed by atoms with van der Waals surface area (Å²) in [5.41, 5.74) is 5.19. The van der Waals surface area contributed by atoms with E-state index in [4.69, 9.17) is 0 Å². The summed E-state index contributed by atoms with van der Waals surface area (Å²) in [5, 5.41) is 6.11. The van der Waals surface area contributed by atoms with Crippen molar-refractivity contribution in [1.29, 1.82) is 0 Å². The zero-order valence-corrected chi connectivity index (χ0v) is 26.2. The monoisotopic (exact) mass is 496 g/mol. The minimum absolute atomic E-state index is 0.169. The van der Waals surface area contributed by atoms with Crippen LogP contribution in [0.15, 0.2) is 97.1 Å². The van der Waals surface area contributed by atoms with E-state index in [0.717, 1.165) is 0 Å². The molecule has 0 bridgehead atoms. The molecule has 33 heavy (non-hydrogen) atoms. The first-order chi connectivity index (χ1) is 16.1. The van der Waals surface area contributed by atoms with E-state index in [-0.39, 0.29) is 43.5 Å². The normalized spacial score (nSPS) is 14.4. The number of benzene rings is 4. The van der Waals surface area contributed by atoms with Crippen molar-refractivity contribution in [3.63, 3.8) is 0 Å². The van der Waals surface area contributed by atoms with Gasteiger partial charge in [-0.3, -0.25) is 0 Å². The van der Waals surface area contributed by atoms with Crippen molar-refractivity contribution in [2.24, 2.45) is 0 Å². The Balaban J connectivity index is 2.05. The van der Waals surface area contributed by atoms with E-state index >= 15 is 0 Å². The maximum Gasteiger partial charge on any atom is 0.0701 e. The van der Waals surface area contributed by atoms with Gasteiger partial charge in [-0.25, -0.2) is 0 Å². The summed E-state index contributed by atoms with van der Waals surface area (Å²) >= 11 is 0. The van der Waals surface area contributed by atoms with Crippen LogP contribution in [0.25, 0.3) is 0 Å². The fourth-order valence-electron chi connectivity index (χ4n) is 4.96. The summed E-state index contributed by atoms with van der Waals surface area (Å²) in [7, 11) is -0.676. The molecule has 168 valence electrons. The van der Waals surface area contributed by atoms with Gasteiger partial charge in [-0.1, -0.05) is 144 Å². The number of rotatable bonds is 8. The standard InChI is InChI=1S/C29H36Si4/c1-30-25-13-5-21(6-14-25)29(22-7-15-26(31-2)16-8-22,23-9-17-27(32-3)18-10-23)24-11-19-28(33-4)20-12-24/h5-20H,30-33H2,1-4H3. The van der Waals surface area contributed by atoms with Crippen molar-refractivity contribution >= 4 is 58.8 Å². The number of hydrogen-bond acceptors (Lipinski definition) is 0. The third kappa shape index (κ3) is 4.71. The highest BCUT2D eigenvalue weighted by Crippen LogP contribution is 2.44. The van der Waals surface area contributed by atoms with Crippen LogP contribution in [0.2, 0.25) is 26.2 Å². The molecule has 0 fully saturated rings. The van der Waals surface area contributed by atoms with E-state index in [1.807, 2.05) is 0 Å². The molecule has 4 rings (SSSR count). The third-order valence-corrected chi connectivity index (χ3v) is 12.3. The highest BCUT2D eigenvalue weighted by molar-refractivity contribution is 6.52. The van der Waals surface area contributed by atoms with Gasteiger partial charge in [0.05, 0.1) is 43.5 Å². The van der Waals surface area contributed by atoms with Gasteiger partial charge in [0.25, 0.3) is 0 Å². The Labute approximate surface area is 209 Å². The van der Waals surface area contributed by atoms with Gasteiger partial charge in [-0.15, -0.1) is 0 Å². The van der Waals surface area contributed by atoms with Gasteiger partial charge in [0.2, 0.25) is 0 Å². The highest BCUT2D eigenvalue weighted by Gasteiger charge is 2.38.